The molecule has 34 heavy (non-hydrogen) atoms. The minimum atomic E-state index is -4.39. The third-order valence-corrected chi connectivity index (χ3v) is 6.55. The maximum Gasteiger partial charge on any atom is 0.460 e. The first kappa shape index (κ1) is 25.5. The van der Waals surface area contributed by atoms with E-state index in [2.05, 4.69) is 11.7 Å². The van der Waals surface area contributed by atoms with Gasteiger partial charge in [0, 0.05) is 6.42 Å². The number of hydrogen-bond acceptors (Lipinski definition) is 8. The topological polar surface area (TPSA) is 169 Å². The number of aromatic amines is 1. The fourth-order valence-corrected chi connectivity index (χ4v) is 4.87. The zero-order valence-corrected chi connectivity index (χ0v) is 18.8. The molecule has 1 aromatic carbocycles. The number of aliphatic hydroxyl groups excluding tert-OH is 1. The van der Waals surface area contributed by atoms with Gasteiger partial charge in [-0.05, 0) is 19.1 Å². The minimum Gasteiger partial charge on any atom is -0.480 e. The van der Waals surface area contributed by atoms with Gasteiger partial charge in [-0.1, -0.05) is 24.3 Å². The lowest BCUT2D eigenvalue weighted by molar-refractivity contribution is -0.138. The van der Waals surface area contributed by atoms with E-state index in [4.69, 9.17) is 13.8 Å². The normalized spacial score (nSPS) is 23.6. The number of benzene rings is 1. The van der Waals surface area contributed by atoms with E-state index in [-0.39, 0.29) is 12.2 Å². The van der Waals surface area contributed by atoms with Crippen LogP contribution in [0.4, 0.5) is 4.39 Å². The first-order valence-corrected chi connectivity index (χ1v) is 11.6. The van der Waals surface area contributed by atoms with Gasteiger partial charge in [0.1, 0.15) is 30.2 Å². The zero-order valence-electron chi connectivity index (χ0n) is 17.9. The number of hydrogen-bond donors (Lipinski definition) is 4. The van der Waals surface area contributed by atoms with Crippen LogP contribution in [-0.2, 0) is 18.6 Å². The maximum absolute atomic E-state index is 13.7. The second-order valence-electron chi connectivity index (χ2n) is 7.40. The van der Waals surface area contributed by atoms with Gasteiger partial charge in [-0.3, -0.25) is 23.7 Å². The Morgan fingerprint density at radius 2 is 2.09 bits per heavy atom. The summed E-state index contributed by atoms with van der Waals surface area (Å²) in [6, 6.07) is 6.48. The number of carbonyl (C=O) groups is 1. The molecule has 2 heterocycles. The number of ether oxygens (including phenoxy) is 1. The number of aromatic nitrogens is 2. The van der Waals surface area contributed by atoms with Gasteiger partial charge in [-0.15, -0.1) is 6.58 Å². The predicted molar refractivity (Wildman–Crippen MR) is 116 cm³/mol. The van der Waals surface area contributed by atoms with E-state index >= 15 is 0 Å². The van der Waals surface area contributed by atoms with Gasteiger partial charge >= 0.3 is 19.4 Å². The van der Waals surface area contributed by atoms with Crippen LogP contribution in [0.25, 0.3) is 0 Å². The van der Waals surface area contributed by atoms with Crippen LogP contribution in [0.15, 0.2) is 58.8 Å². The molecule has 0 saturated carbocycles. The van der Waals surface area contributed by atoms with Crippen molar-refractivity contribution in [3.63, 3.8) is 0 Å². The van der Waals surface area contributed by atoms with E-state index in [1.54, 1.807) is 23.2 Å². The van der Waals surface area contributed by atoms with Crippen molar-refractivity contribution in [2.75, 3.05) is 0 Å². The molecule has 1 aliphatic rings. The second-order valence-corrected chi connectivity index (χ2v) is 9.05. The molecule has 1 aromatic heterocycles. The quantitative estimate of drug-likeness (QED) is 0.275. The monoisotopic (exact) mass is 499 g/mol. The number of aliphatic carboxylic acids is 1. The van der Waals surface area contributed by atoms with Gasteiger partial charge in [-0.25, -0.2) is 9.36 Å². The van der Waals surface area contributed by atoms with E-state index in [1.165, 1.54) is 19.1 Å². The average molecular weight is 499 g/mol. The third-order valence-electron chi connectivity index (χ3n) is 4.88. The molecule has 14 heteroatoms. The molecule has 0 aliphatic carbocycles. The van der Waals surface area contributed by atoms with Gasteiger partial charge in [0.25, 0.3) is 5.56 Å². The Kier molecular flexibility index (Phi) is 7.85. The van der Waals surface area contributed by atoms with Gasteiger partial charge in [0.2, 0.25) is 5.82 Å². The van der Waals surface area contributed by atoms with Crippen LogP contribution in [0.3, 0.4) is 0 Å². The number of para-hydroxylation sites is 1. The number of carboxylic acid groups (broad SMARTS) is 1. The highest BCUT2D eigenvalue weighted by molar-refractivity contribution is 7.52. The van der Waals surface area contributed by atoms with Crippen molar-refractivity contribution < 1.29 is 37.7 Å². The van der Waals surface area contributed by atoms with Crippen molar-refractivity contribution >= 4 is 13.7 Å². The van der Waals surface area contributed by atoms with Crippen LogP contribution in [0.2, 0.25) is 0 Å². The van der Waals surface area contributed by atoms with Gasteiger partial charge in [0.15, 0.2) is 0 Å². The van der Waals surface area contributed by atoms with Crippen molar-refractivity contribution in [3.8, 4) is 5.75 Å². The summed E-state index contributed by atoms with van der Waals surface area (Å²) < 4.78 is 44.5. The number of H-pyrrole nitrogens is 1. The molecule has 4 N–H and O–H groups in total. The van der Waals surface area contributed by atoms with E-state index in [1.807, 2.05) is 0 Å². The molecule has 184 valence electrons. The Bertz CT molecular complexity index is 1200. The standard InChI is InChI=1S/C20H23FN3O9P/c1-3-15(17-14(25)9-16(31-17)24-10-13(21)18(26)22-20(24)29)33-34(30,23-11(2)19(27)28)32-12-7-5-4-6-8-12/h3-8,10-11,14-17,25H,1,9H2,2H3,(H,23,30)(H,27,28)(H,22,26,29)/t11-,14-,15+,16+,17-,34-/m0/s1. The summed E-state index contributed by atoms with van der Waals surface area (Å²) in [6.07, 6.45) is -3.45. The number of nitrogens with zero attached hydrogens (tertiary/aromatic N) is 1. The number of aliphatic hydroxyl groups is 1. The molecule has 1 aliphatic heterocycles. The van der Waals surface area contributed by atoms with Crippen molar-refractivity contribution in [1.29, 1.82) is 0 Å². The molecule has 0 bridgehead atoms. The molecule has 0 amide bonds. The highest BCUT2D eigenvalue weighted by Gasteiger charge is 2.44. The van der Waals surface area contributed by atoms with Crippen LogP contribution in [0.1, 0.15) is 19.6 Å². The predicted octanol–water partition coefficient (Wildman–Crippen LogP) is 1.15. The largest absolute Gasteiger partial charge is 0.480 e. The molecule has 0 spiro atoms. The molecule has 12 nitrogen and oxygen atoms in total. The van der Waals surface area contributed by atoms with Crippen molar-refractivity contribution in [1.82, 2.24) is 14.6 Å². The zero-order chi connectivity index (χ0) is 25.0. The SMILES string of the molecule is C=C[C@@H](O[P@](=O)(N[C@@H](C)C(=O)O)Oc1ccccc1)[C@H]1O[C@@H](n2cc(F)c(=O)[nH]c2=O)C[C@@H]1O. The van der Waals surface area contributed by atoms with Crippen molar-refractivity contribution in [2.45, 2.75) is 43.9 Å². The lowest BCUT2D eigenvalue weighted by Crippen LogP contribution is -2.39. The Hall–Kier alpha value is -3.09. The fourth-order valence-electron chi connectivity index (χ4n) is 3.21. The summed E-state index contributed by atoms with van der Waals surface area (Å²) >= 11 is 0. The van der Waals surface area contributed by atoms with Crippen LogP contribution in [0, 0.1) is 5.82 Å². The first-order chi connectivity index (χ1) is 16.0. The smallest absolute Gasteiger partial charge is 0.460 e. The van der Waals surface area contributed by atoms with Crippen LogP contribution in [0.5, 0.6) is 5.75 Å². The number of carboxylic acids is 1. The summed E-state index contributed by atoms with van der Waals surface area (Å²) in [7, 11) is -4.39. The third kappa shape index (κ3) is 5.88. The molecular weight excluding hydrogens is 476 g/mol. The number of nitrogens with one attached hydrogen (secondary N) is 2. The first-order valence-electron chi connectivity index (χ1n) is 10.0. The Morgan fingerprint density at radius 3 is 2.71 bits per heavy atom. The molecule has 0 radical (unpaired) electrons. The fraction of sp³-hybridized carbons (Fsp3) is 0.350. The lowest BCUT2D eigenvalue weighted by Gasteiger charge is -2.28. The molecule has 1 fully saturated rings. The Labute approximate surface area is 192 Å². The second kappa shape index (κ2) is 10.5. The van der Waals surface area contributed by atoms with E-state index in [0.29, 0.717) is 6.20 Å². The molecule has 3 rings (SSSR count). The summed E-state index contributed by atoms with van der Waals surface area (Å²) in [4.78, 5) is 36.4. The lowest BCUT2D eigenvalue weighted by atomic mass is 10.1. The van der Waals surface area contributed by atoms with Crippen LogP contribution < -0.4 is 20.9 Å². The van der Waals surface area contributed by atoms with Crippen molar-refractivity contribution in [2.24, 2.45) is 0 Å². The number of rotatable bonds is 10. The van der Waals surface area contributed by atoms with Crippen LogP contribution >= 0.6 is 7.75 Å². The molecule has 2 aromatic rings. The summed E-state index contributed by atoms with van der Waals surface area (Å²) in [5, 5.41) is 22.0. The van der Waals surface area contributed by atoms with Gasteiger partial charge in [-0.2, -0.15) is 9.48 Å². The van der Waals surface area contributed by atoms with E-state index in [0.717, 1.165) is 10.6 Å². The molecular formula is C20H23FN3O9P. The molecule has 0 unspecified atom stereocenters. The van der Waals surface area contributed by atoms with E-state index < -0.39 is 61.4 Å². The maximum atomic E-state index is 13.7. The highest BCUT2D eigenvalue weighted by Crippen LogP contribution is 2.48. The average Bonchev–Trinajstić information content (AvgIpc) is 3.16. The van der Waals surface area contributed by atoms with Gasteiger partial charge in [0.05, 0.1) is 12.3 Å². The summed E-state index contributed by atoms with van der Waals surface area (Å²) in [5.74, 6) is -2.45. The Morgan fingerprint density at radius 1 is 1.41 bits per heavy atom. The molecule has 6 atom stereocenters. The summed E-state index contributed by atoms with van der Waals surface area (Å²) in [5.41, 5.74) is -2.17. The Balaban J connectivity index is 1.85. The highest BCUT2D eigenvalue weighted by atomic mass is 31.2. The van der Waals surface area contributed by atoms with Crippen molar-refractivity contribution in [3.05, 3.63) is 75.8 Å². The summed E-state index contributed by atoms with van der Waals surface area (Å²) in [6.45, 7) is 4.80. The number of halogens is 1. The minimum absolute atomic E-state index is 0.111. The molecule has 1 saturated heterocycles. The van der Waals surface area contributed by atoms with E-state index in [9.17, 15) is 33.6 Å². The van der Waals surface area contributed by atoms with Gasteiger partial charge < -0.3 is 19.5 Å². The van der Waals surface area contributed by atoms with Crippen LogP contribution in [-0.4, -0.2) is 50.1 Å².